The van der Waals surface area contributed by atoms with Crippen LogP contribution >= 0.6 is 0 Å². The lowest BCUT2D eigenvalue weighted by atomic mass is 10.1. The second-order valence-corrected chi connectivity index (χ2v) is 4.35. The lowest BCUT2D eigenvalue weighted by molar-refractivity contribution is 0.0991. The molecule has 0 aliphatic carbocycles. The molecule has 0 unspecified atom stereocenters. The molecule has 0 saturated heterocycles. The summed E-state index contributed by atoms with van der Waals surface area (Å²) < 4.78 is 1.59. The number of aryl methyl sites for hydroxylation is 1. The maximum Gasteiger partial charge on any atom is 0.170 e. The van der Waals surface area contributed by atoms with Gasteiger partial charge >= 0.3 is 0 Å². The summed E-state index contributed by atoms with van der Waals surface area (Å²) in [5.41, 5.74) is 3.03. The Bertz CT molecular complexity index is 748. The number of rotatable bonds is 3. The Morgan fingerprint density at radius 3 is 3.00 bits per heavy atom. The fourth-order valence-electron chi connectivity index (χ4n) is 1.95. The summed E-state index contributed by atoms with van der Waals surface area (Å²) in [5.74, 6) is 0.0236. The first-order valence-corrected chi connectivity index (χ1v) is 5.97. The molecule has 0 aliphatic heterocycles. The number of Topliss-reactive ketones (excluding diaryl/α,β-unsaturated/α-hetero) is 1. The second kappa shape index (κ2) is 4.61. The fraction of sp³-hybridized carbons (Fsp3) is 0.143. The van der Waals surface area contributed by atoms with Gasteiger partial charge in [-0.2, -0.15) is 5.10 Å². The molecular formula is C14H12N4O. The Kier molecular flexibility index (Phi) is 2.79. The average molecular weight is 252 g/mol. The highest BCUT2D eigenvalue weighted by Gasteiger charge is 2.09. The SMILES string of the molecule is Cc1cccc(CC(=O)c2ccc3ncnn3c2)n1. The van der Waals surface area contributed by atoms with Gasteiger partial charge in [0.25, 0.3) is 0 Å². The van der Waals surface area contributed by atoms with Gasteiger partial charge < -0.3 is 0 Å². The van der Waals surface area contributed by atoms with E-state index in [0.717, 1.165) is 17.0 Å². The second-order valence-electron chi connectivity index (χ2n) is 4.35. The van der Waals surface area contributed by atoms with Crippen LogP contribution in [-0.4, -0.2) is 25.4 Å². The van der Waals surface area contributed by atoms with E-state index in [2.05, 4.69) is 15.1 Å². The van der Waals surface area contributed by atoms with Crippen LogP contribution in [0.3, 0.4) is 0 Å². The molecule has 0 aromatic carbocycles. The summed E-state index contributed by atoms with van der Waals surface area (Å²) in [6.45, 7) is 1.91. The molecule has 3 aromatic heterocycles. The van der Waals surface area contributed by atoms with Crippen LogP contribution in [0.4, 0.5) is 0 Å². The lowest BCUT2D eigenvalue weighted by Gasteiger charge is -2.02. The molecule has 0 radical (unpaired) electrons. The number of carbonyl (C=O) groups is 1. The Morgan fingerprint density at radius 2 is 2.16 bits per heavy atom. The summed E-state index contributed by atoms with van der Waals surface area (Å²) in [6, 6.07) is 9.23. The third kappa shape index (κ3) is 2.35. The summed E-state index contributed by atoms with van der Waals surface area (Å²) in [5, 5.41) is 4.02. The zero-order chi connectivity index (χ0) is 13.2. The number of ketones is 1. The van der Waals surface area contributed by atoms with Gasteiger partial charge in [0, 0.05) is 23.1 Å². The highest BCUT2D eigenvalue weighted by Crippen LogP contribution is 2.08. The lowest BCUT2D eigenvalue weighted by Crippen LogP contribution is -2.07. The molecule has 5 heteroatoms. The van der Waals surface area contributed by atoms with Crippen molar-refractivity contribution in [2.45, 2.75) is 13.3 Å². The molecule has 0 spiro atoms. The van der Waals surface area contributed by atoms with Crippen molar-refractivity contribution in [1.29, 1.82) is 0 Å². The van der Waals surface area contributed by atoms with Crippen LogP contribution in [-0.2, 0) is 6.42 Å². The van der Waals surface area contributed by atoms with Crippen LogP contribution in [0.1, 0.15) is 21.7 Å². The molecule has 3 aromatic rings. The van der Waals surface area contributed by atoms with Crippen molar-refractivity contribution in [2.75, 3.05) is 0 Å². The van der Waals surface area contributed by atoms with Crippen LogP contribution in [0.15, 0.2) is 42.9 Å². The zero-order valence-corrected chi connectivity index (χ0v) is 10.4. The number of nitrogens with zero attached hydrogens (tertiary/aromatic N) is 4. The van der Waals surface area contributed by atoms with Crippen molar-refractivity contribution in [1.82, 2.24) is 19.6 Å². The van der Waals surface area contributed by atoms with E-state index >= 15 is 0 Å². The summed E-state index contributed by atoms with van der Waals surface area (Å²) in [7, 11) is 0. The molecule has 5 nitrogen and oxygen atoms in total. The van der Waals surface area contributed by atoms with Crippen molar-refractivity contribution >= 4 is 11.4 Å². The Balaban J connectivity index is 1.87. The quantitative estimate of drug-likeness (QED) is 0.667. The molecule has 0 N–H and O–H groups in total. The first-order valence-electron chi connectivity index (χ1n) is 5.97. The van der Waals surface area contributed by atoms with Crippen molar-refractivity contribution < 1.29 is 4.79 Å². The average Bonchev–Trinajstić information content (AvgIpc) is 2.85. The van der Waals surface area contributed by atoms with Gasteiger partial charge in [0.2, 0.25) is 0 Å². The predicted molar refractivity (Wildman–Crippen MR) is 70.0 cm³/mol. The van der Waals surface area contributed by atoms with Gasteiger partial charge in [-0.1, -0.05) is 6.07 Å². The van der Waals surface area contributed by atoms with Gasteiger partial charge in [-0.3, -0.25) is 9.78 Å². The standard InChI is InChI=1S/C14H12N4O/c1-10-3-2-4-12(17-10)7-13(19)11-5-6-14-15-9-16-18(14)8-11/h2-6,8-9H,7H2,1H3. The largest absolute Gasteiger partial charge is 0.294 e. The van der Waals surface area contributed by atoms with Crippen molar-refractivity contribution in [2.24, 2.45) is 0 Å². The highest BCUT2D eigenvalue weighted by molar-refractivity contribution is 5.97. The minimum absolute atomic E-state index is 0.0236. The molecule has 0 amide bonds. The number of hydrogen-bond acceptors (Lipinski definition) is 4. The van der Waals surface area contributed by atoms with Gasteiger partial charge in [0.15, 0.2) is 11.4 Å². The topological polar surface area (TPSA) is 60.2 Å². The summed E-state index contributed by atoms with van der Waals surface area (Å²) >= 11 is 0. The first kappa shape index (κ1) is 11.5. The molecule has 3 rings (SSSR count). The molecule has 0 atom stereocenters. The van der Waals surface area contributed by atoms with Crippen LogP contribution in [0.2, 0.25) is 0 Å². The molecule has 0 bridgehead atoms. The zero-order valence-electron chi connectivity index (χ0n) is 10.4. The van der Waals surface area contributed by atoms with E-state index in [4.69, 9.17) is 0 Å². The maximum atomic E-state index is 12.2. The Morgan fingerprint density at radius 1 is 1.26 bits per heavy atom. The van der Waals surface area contributed by atoms with Crippen LogP contribution in [0.25, 0.3) is 5.65 Å². The van der Waals surface area contributed by atoms with Crippen molar-refractivity contribution in [3.8, 4) is 0 Å². The van der Waals surface area contributed by atoms with Gasteiger partial charge in [0.1, 0.15) is 6.33 Å². The third-order valence-corrected chi connectivity index (χ3v) is 2.88. The van der Waals surface area contributed by atoms with E-state index in [-0.39, 0.29) is 5.78 Å². The van der Waals surface area contributed by atoms with Gasteiger partial charge in [-0.15, -0.1) is 0 Å². The number of hydrogen-bond donors (Lipinski definition) is 0. The van der Waals surface area contributed by atoms with E-state index in [1.54, 1.807) is 22.8 Å². The number of carbonyl (C=O) groups excluding carboxylic acids is 1. The molecule has 0 fully saturated rings. The predicted octanol–water partition coefficient (Wildman–Crippen LogP) is 1.86. The van der Waals surface area contributed by atoms with Crippen LogP contribution < -0.4 is 0 Å². The molecular weight excluding hydrogens is 240 g/mol. The maximum absolute atomic E-state index is 12.2. The summed E-state index contributed by atoms with van der Waals surface area (Å²) in [6.07, 6.45) is 3.45. The summed E-state index contributed by atoms with van der Waals surface area (Å²) in [4.78, 5) is 20.6. The van der Waals surface area contributed by atoms with E-state index in [1.165, 1.54) is 6.33 Å². The first-order chi connectivity index (χ1) is 9.22. The molecule has 0 saturated carbocycles. The molecule has 94 valence electrons. The minimum atomic E-state index is 0.0236. The Labute approximate surface area is 109 Å². The monoisotopic (exact) mass is 252 g/mol. The number of fused-ring (bicyclic) bond motifs is 1. The Hall–Kier alpha value is -2.56. The molecule has 19 heavy (non-hydrogen) atoms. The van der Waals surface area contributed by atoms with E-state index < -0.39 is 0 Å². The minimum Gasteiger partial charge on any atom is -0.294 e. The van der Waals surface area contributed by atoms with E-state index in [0.29, 0.717) is 12.0 Å². The molecule has 3 heterocycles. The van der Waals surface area contributed by atoms with Gasteiger partial charge in [-0.25, -0.2) is 9.50 Å². The third-order valence-electron chi connectivity index (χ3n) is 2.88. The highest BCUT2D eigenvalue weighted by atomic mass is 16.1. The normalized spacial score (nSPS) is 10.8. The van der Waals surface area contributed by atoms with E-state index in [9.17, 15) is 4.79 Å². The van der Waals surface area contributed by atoms with Gasteiger partial charge in [-0.05, 0) is 31.2 Å². The van der Waals surface area contributed by atoms with Crippen LogP contribution in [0.5, 0.6) is 0 Å². The van der Waals surface area contributed by atoms with E-state index in [1.807, 2.05) is 25.1 Å². The van der Waals surface area contributed by atoms with Crippen LogP contribution in [0, 0.1) is 6.92 Å². The fourth-order valence-corrected chi connectivity index (χ4v) is 1.95. The molecule has 0 aliphatic rings. The van der Waals surface area contributed by atoms with Gasteiger partial charge in [0.05, 0.1) is 6.42 Å². The van der Waals surface area contributed by atoms with Crippen molar-refractivity contribution in [3.05, 3.63) is 59.8 Å². The number of aromatic nitrogens is 4. The number of pyridine rings is 2. The smallest absolute Gasteiger partial charge is 0.170 e. The van der Waals surface area contributed by atoms with Crippen molar-refractivity contribution in [3.63, 3.8) is 0 Å².